The Hall–Kier alpha value is -1.60. The van der Waals surface area contributed by atoms with E-state index >= 15 is 0 Å². The maximum atomic E-state index is 10.8. The van der Waals surface area contributed by atoms with Gasteiger partial charge in [0, 0.05) is 23.3 Å². The van der Waals surface area contributed by atoms with Crippen LogP contribution in [0.15, 0.2) is 23.4 Å². The molecule has 104 valence electrons. The second-order valence-corrected chi connectivity index (χ2v) is 5.49. The molecular weight excluding hydrogens is 268 g/mol. The fourth-order valence-corrected chi connectivity index (χ4v) is 2.20. The number of anilines is 1. The van der Waals surface area contributed by atoms with Crippen molar-refractivity contribution in [2.24, 2.45) is 5.16 Å². The first-order chi connectivity index (χ1) is 8.91. The summed E-state index contributed by atoms with van der Waals surface area (Å²) in [6, 6.07) is 5.19. The van der Waals surface area contributed by atoms with Gasteiger partial charge in [0.15, 0.2) is 0 Å². The van der Waals surface area contributed by atoms with Crippen LogP contribution in [0.5, 0.6) is 5.75 Å². The average Bonchev–Trinajstić information content (AvgIpc) is 2.69. The molecule has 1 atom stereocenters. The monoisotopic (exact) mass is 283 g/mol. The zero-order valence-electron chi connectivity index (χ0n) is 10.9. The number of hydrogen-bond acceptors (Lipinski definition) is 5. The first kappa shape index (κ1) is 13.8. The van der Waals surface area contributed by atoms with Gasteiger partial charge in [0.1, 0.15) is 11.4 Å². The van der Waals surface area contributed by atoms with Crippen LogP contribution in [-0.2, 0) is 16.1 Å². The van der Waals surface area contributed by atoms with Gasteiger partial charge in [-0.05, 0) is 32.0 Å². The molecular formula is C12H15N2O4S-. The largest absolute Gasteiger partial charge is 0.755 e. The lowest BCUT2D eigenvalue weighted by Gasteiger charge is -2.15. The summed E-state index contributed by atoms with van der Waals surface area (Å²) in [5.41, 5.74) is 1.64. The number of rotatable bonds is 4. The Morgan fingerprint density at radius 2 is 2.26 bits per heavy atom. The molecule has 19 heavy (non-hydrogen) atoms. The summed E-state index contributed by atoms with van der Waals surface area (Å²) in [5.74, 6) is 0.451. The average molecular weight is 283 g/mol. The third kappa shape index (κ3) is 3.24. The molecule has 0 aliphatic carbocycles. The fourth-order valence-electron chi connectivity index (χ4n) is 1.86. The fraction of sp³-hybridized carbons (Fsp3) is 0.417. The number of ether oxygens (including phenoxy) is 1. The van der Waals surface area contributed by atoms with Crippen molar-refractivity contribution < 1.29 is 18.3 Å². The Labute approximate surface area is 114 Å². The van der Waals surface area contributed by atoms with E-state index in [4.69, 9.17) is 9.57 Å². The zero-order chi connectivity index (χ0) is 14.0. The maximum absolute atomic E-state index is 10.8. The highest BCUT2D eigenvalue weighted by Crippen LogP contribution is 2.30. The van der Waals surface area contributed by atoms with Gasteiger partial charge in [-0.2, -0.15) is 0 Å². The van der Waals surface area contributed by atoms with Crippen LogP contribution in [0.1, 0.15) is 25.8 Å². The number of benzene rings is 1. The van der Waals surface area contributed by atoms with E-state index in [2.05, 4.69) is 9.88 Å². The highest BCUT2D eigenvalue weighted by molar-refractivity contribution is 7.80. The summed E-state index contributed by atoms with van der Waals surface area (Å²) in [6.07, 6.45) is 0.666. The van der Waals surface area contributed by atoms with Crippen LogP contribution in [0.25, 0.3) is 0 Å². The van der Waals surface area contributed by atoms with Gasteiger partial charge in [0.25, 0.3) is 0 Å². The van der Waals surface area contributed by atoms with Gasteiger partial charge >= 0.3 is 0 Å². The lowest BCUT2D eigenvalue weighted by molar-refractivity contribution is 0.0123. The summed E-state index contributed by atoms with van der Waals surface area (Å²) in [5, 5.41) is 4.03. The van der Waals surface area contributed by atoms with E-state index in [1.165, 1.54) is 7.11 Å². The van der Waals surface area contributed by atoms with Gasteiger partial charge in [0.2, 0.25) is 0 Å². The molecule has 1 aliphatic heterocycles. The summed E-state index contributed by atoms with van der Waals surface area (Å²) < 4.78 is 28.9. The van der Waals surface area contributed by atoms with Gasteiger partial charge in [-0.15, -0.1) is 0 Å². The molecule has 0 radical (unpaired) electrons. The molecule has 1 aromatic carbocycles. The predicted molar refractivity (Wildman–Crippen MR) is 71.9 cm³/mol. The summed E-state index contributed by atoms with van der Waals surface area (Å²) in [6.45, 7) is 3.89. The topological polar surface area (TPSA) is 83.0 Å². The number of nitrogens with one attached hydrogen (secondary N) is 1. The van der Waals surface area contributed by atoms with Crippen molar-refractivity contribution in [2.75, 3.05) is 11.8 Å². The van der Waals surface area contributed by atoms with E-state index in [0.717, 1.165) is 11.3 Å². The van der Waals surface area contributed by atoms with Crippen molar-refractivity contribution in [1.82, 2.24) is 0 Å². The second-order valence-electron chi connectivity index (χ2n) is 4.82. The van der Waals surface area contributed by atoms with Gasteiger partial charge in [-0.25, -0.2) is 0 Å². The first-order valence-corrected chi connectivity index (χ1v) is 6.78. The van der Waals surface area contributed by atoms with Gasteiger partial charge in [-0.3, -0.25) is 4.21 Å². The molecule has 2 rings (SSSR count). The van der Waals surface area contributed by atoms with Crippen LogP contribution >= 0.6 is 0 Å². The molecule has 1 unspecified atom stereocenters. The third-order valence-electron chi connectivity index (χ3n) is 2.72. The normalized spacial score (nSPS) is 18.4. The van der Waals surface area contributed by atoms with Crippen molar-refractivity contribution in [3.05, 3.63) is 23.8 Å². The van der Waals surface area contributed by atoms with Crippen LogP contribution in [0.4, 0.5) is 5.69 Å². The minimum absolute atomic E-state index is 0.329. The van der Waals surface area contributed by atoms with E-state index in [1.54, 1.807) is 12.1 Å². The van der Waals surface area contributed by atoms with Gasteiger partial charge < -0.3 is 18.8 Å². The van der Waals surface area contributed by atoms with E-state index in [-0.39, 0.29) is 5.60 Å². The molecule has 0 aromatic heterocycles. The summed E-state index contributed by atoms with van der Waals surface area (Å²) in [7, 11) is 1.48. The molecule has 0 amide bonds. The van der Waals surface area contributed by atoms with Crippen LogP contribution in [-0.4, -0.2) is 27.2 Å². The smallest absolute Gasteiger partial charge is 0.142 e. The van der Waals surface area contributed by atoms with Crippen molar-refractivity contribution >= 4 is 22.7 Å². The van der Waals surface area contributed by atoms with Crippen LogP contribution in [0, 0.1) is 0 Å². The Kier molecular flexibility index (Phi) is 3.77. The molecule has 6 nitrogen and oxygen atoms in total. The Balaban J connectivity index is 2.31. The van der Waals surface area contributed by atoms with Gasteiger partial charge in [0.05, 0.1) is 18.5 Å². The molecule has 0 spiro atoms. The van der Waals surface area contributed by atoms with Crippen LogP contribution < -0.4 is 9.46 Å². The molecule has 0 fully saturated rings. The van der Waals surface area contributed by atoms with Crippen LogP contribution in [0.3, 0.4) is 0 Å². The Morgan fingerprint density at radius 1 is 1.53 bits per heavy atom. The number of methoxy groups -OCH3 is 1. The zero-order valence-corrected chi connectivity index (χ0v) is 11.7. The minimum Gasteiger partial charge on any atom is -0.755 e. The van der Waals surface area contributed by atoms with Crippen LogP contribution in [0.2, 0.25) is 0 Å². The molecule has 1 aromatic rings. The molecule has 0 saturated carbocycles. The third-order valence-corrected chi connectivity index (χ3v) is 3.11. The predicted octanol–water partition coefficient (Wildman–Crippen LogP) is 1.80. The standard InChI is InChI=1S/C12H16N2O4S/c1-12(2)7-10(13-18-12)8-4-5-11(17-3)9(6-8)14-19(15)16/h4-6,14H,7H2,1-3H3,(H,15,16)/p-1. The second kappa shape index (κ2) is 5.18. The highest BCUT2D eigenvalue weighted by atomic mass is 32.2. The van der Waals surface area contributed by atoms with E-state index < -0.39 is 11.3 Å². The lowest BCUT2D eigenvalue weighted by atomic mass is 9.97. The molecule has 1 heterocycles. The molecule has 0 saturated heterocycles. The highest BCUT2D eigenvalue weighted by Gasteiger charge is 2.29. The van der Waals surface area contributed by atoms with E-state index in [0.29, 0.717) is 17.9 Å². The lowest BCUT2D eigenvalue weighted by Crippen LogP contribution is -2.19. The van der Waals surface area contributed by atoms with E-state index in [9.17, 15) is 8.76 Å². The maximum Gasteiger partial charge on any atom is 0.142 e. The van der Waals surface area contributed by atoms with Gasteiger partial charge in [-0.1, -0.05) is 5.16 Å². The number of oxime groups is 1. The van der Waals surface area contributed by atoms with E-state index in [1.807, 2.05) is 19.9 Å². The summed E-state index contributed by atoms with van der Waals surface area (Å²) in [4.78, 5) is 5.30. The number of nitrogens with zero attached hydrogens (tertiary/aromatic N) is 1. The Bertz CT molecular complexity index is 543. The summed E-state index contributed by atoms with van der Waals surface area (Å²) >= 11 is -2.40. The Morgan fingerprint density at radius 3 is 2.79 bits per heavy atom. The quantitative estimate of drug-likeness (QED) is 0.854. The number of hydrogen-bond donors (Lipinski definition) is 1. The van der Waals surface area contributed by atoms with Crippen molar-refractivity contribution in [3.8, 4) is 5.75 Å². The van der Waals surface area contributed by atoms with Crippen molar-refractivity contribution in [3.63, 3.8) is 0 Å². The SMILES string of the molecule is COc1ccc(C2=NOC(C)(C)C2)cc1NS(=O)[O-]. The minimum atomic E-state index is -2.40. The van der Waals surface area contributed by atoms with Crippen molar-refractivity contribution in [2.45, 2.75) is 25.9 Å². The molecule has 7 heteroatoms. The van der Waals surface area contributed by atoms with Crippen molar-refractivity contribution in [1.29, 1.82) is 0 Å². The first-order valence-electron chi connectivity index (χ1n) is 5.71. The molecule has 0 bridgehead atoms. The molecule has 1 N–H and O–H groups in total. The molecule has 1 aliphatic rings.